The van der Waals surface area contributed by atoms with Crippen LogP contribution >= 0.6 is 0 Å². The largest absolute Gasteiger partial charge is 0.450 e. The molecular weight excluding hydrogens is 322 g/mol. The number of nitrogens with zero attached hydrogens (tertiary/aromatic N) is 6. The van der Waals surface area contributed by atoms with Crippen LogP contribution in [0.5, 0.6) is 0 Å². The summed E-state index contributed by atoms with van der Waals surface area (Å²) >= 11 is 0. The van der Waals surface area contributed by atoms with E-state index >= 15 is 0 Å². The van der Waals surface area contributed by atoms with Gasteiger partial charge < -0.3 is 24.4 Å². The Hall–Kier alpha value is -2.58. The molecule has 0 spiro atoms. The number of hydrogen-bond donors (Lipinski definition) is 1. The van der Waals surface area contributed by atoms with Crippen LogP contribution in [0.2, 0.25) is 0 Å². The number of aryl methyl sites for hydroxylation is 1. The predicted molar refractivity (Wildman–Crippen MR) is 95.2 cm³/mol. The molecule has 1 N–H and O–H groups in total. The molecule has 0 saturated carbocycles. The topological polar surface area (TPSA) is 87.9 Å². The van der Waals surface area contributed by atoms with Crippen molar-refractivity contribution in [1.82, 2.24) is 29.9 Å². The van der Waals surface area contributed by atoms with Crippen LogP contribution in [-0.2, 0) is 18.3 Å². The third-order valence-electron chi connectivity index (χ3n) is 4.06. The Labute approximate surface area is 148 Å². The van der Waals surface area contributed by atoms with E-state index in [1.807, 2.05) is 25.5 Å². The molecule has 9 heteroatoms. The lowest BCUT2D eigenvalue weighted by Gasteiger charge is -2.35. The van der Waals surface area contributed by atoms with E-state index in [9.17, 15) is 4.79 Å². The zero-order valence-corrected chi connectivity index (χ0v) is 15.2. The first-order valence-corrected chi connectivity index (χ1v) is 8.47. The molecule has 1 saturated heterocycles. The standard InChI is InChI=1S/C16H27N7O2/c1-5-7-17-15(18-12-14-20-19-13(3)21(14)4)22-8-10-23(11-9-22)16(24)25-6-2/h5H,1,6-12H2,2-4H3,(H,17,18). The SMILES string of the molecule is C=CCNC(=NCc1nnc(C)n1C)N1CCN(C(=O)OCC)CC1. The number of hydrogen-bond acceptors (Lipinski definition) is 5. The van der Waals surface area contributed by atoms with Gasteiger partial charge in [-0.3, -0.25) is 0 Å². The van der Waals surface area contributed by atoms with Crippen molar-refractivity contribution in [2.24, 2.45) is 12.0 Å². The van der Waals surface area contributed by atoms with Crippen molar-refractivity contribution in [3.8, 4) is 0 Å². The molecule has 0 aromatic carbocycles. The van der Waals surface area contributed by atoms with Crippen LogP contribution < -0.4 is 5.32 Å². The maximum atomic E-state index is 11.8. The molecule has 1 aliphatic heterocycles. The molecule has 2 heterocycles. The van der Waals surface area contributed by atoms with Gasteiger partial charge in [0, 0.05) is 39.8 Å². The van der Waals surface area contributed by atoms with Crippen LogP contribution in [-0.4, -0.2) is 75.9 Å². The molecule has 138 valence electrons. The van der Waals surface area contributed by atoms with E-state index in [0.717, 1.165) is 17.6 Å². The molecular formula is C16H27N7O2. The number of nitrogens with one attached hydrogen (secondary N) is 1. The Kier molecular flexibility index (Phi) is 6.79. The molecule has 1 aliphatic rings. The monoisotopic (exact) mass is 349 g/mol. The van der Waals surface area contributed by atoms with Gasteiger partial charge in [0.25, 0.3) is 0 Å². The Morgan fingerprint density at radius 1 is 1.32 bits per heavy atom. The lowest BCUT2D eigenvalue weighted by molar-refractivity contribution is 0.0914. The smallest absolute Gasteiger partial charge is 0.409 e. The van der Waals surface area contributed by atoms with E-state index in [1.165, 1.54) is 0 Å². The second kappa shape index (κ2) is 9.05. The fourth-order valence-electron chi connectivity index (χ4n) is 2.48. The molecule has 0 aliphatic carbocycles. The molecule has 0 radical (unpaired) electrons. The molecule has 1 aromatic heterocycles. The highest BCUT2D eigenvalue weighted by Crippen LogP contribution is 2.06. The number of carbonyl (C=O) groups is 1. The van der Waals surface area contributed by atoms with Crippen LogP contribution in [0.1, 0.15) is 18.6 Å². The highest BCUT2D eigenvalue weighted by molar-refractivity contribution is 5.80. The van der Waals surface area contributed by atoms with Gasteiger partial charge in [0.1, 0.15) is 12.4 Å². The number of aromatic nitrogens is 3. The van der Waals surface area contributed by atoms with Gasteiger partial charge in [0.05, 0.1) is 6.61 Å². The van der Waals surface area contributed by atoms with Crippen LogP contribution in [0.15, 0.2) is 17.6 Å². The van der Waals surface area contributed by atoms with Gasteiger partial charge in [0.2, 0.25) is 0 Å². The Morgan fingerprint density at radius 3 is 2.56 bits per heavy atom. The van der Waals surface area contributed by atoms with E-state index < -0.39 is 0 Å². The second-order valence-corrected chi connectivity index (χ2v) is 5.70. The molecule has 0 atom stereocenters. The summed E-state index contributed by atoms with van der Waals surface area (Å²) in [6.45, 7) is 11.5. The number of aliphatic imine (C=N–C) groups is 1. The van der Waals surface area contributed by atoms with E-state index in [1.54, 1.807) is 11.0 Å². The van der Waals surface area contributed by atoms with Crippen molar-refractivity contribution in [2.45, 2.75) is 20.4 Å². The number of carbonyl (C=O) groups excluding carboxylic acids is 1. The van der Waals surface area contributed by atoms with Crippen molar-refractivity contribution >= 4 is 12.1 Å². The molecule has 0 unspecified atom stereocenters. The van der Waals surface area contributed by atoms with Gasteiger partial charge >= 0.3 is 6.09 Å². The minimum atomic E-state index is -0.255. The van der Waals surface area contributed by atoms with Crippen molar-refractivity contribution in [2.75, 3.05) is 39.3 Å². The molecule has 1 amide bonds. The first kappa shape index (κ1) is 18.8. The molecule has 1 fully saturated rings. The highest BCUT2D eigenvalue weighted by atomic mass is 16.6. The molecule has 25 heavy (non-hydrogen) atoms. The lowest BCUT2D eigenvalue weighted by atomic mass is 10.3. The zero-order valence-electron chi connectivity index (χ0n) is 15.2. The van der Waals surface area contributed by atoms with E-state index in [2.05, 4.69) is 32.0 Å². The number of piperazine rings is 1. The minimum Gasteiger partial charge on any atom is -0.450 e. The fourth-order valence-corrected chi connectivity index (χ4v) is 2.48. The third-order valence-corrected chi connectivity index (χ3v) is 4.06. The summed E-state index contributed by atoms with van der Waals surface area (Å²) in [4.78, 5) is 20.3. The maximum absolute atomic E-state index is 11.8. The first-order valence-electron chi connectivity index (χ1n) is 8.47. The number of amides is 1. The molecule has 1 aromatic rings. The van der Waals surface area contributed by atoms with Gasteiger partial charge in [-0.05, 0) is 13.8 Å². The Balaban J connectivity index is 2.00. The summed E-state index contributed by atoms with van der Waals surface area (Å²) in [7, 11) is 1.93. The minimum absolute atomic E-state index is 0.255. The highest BCUT2D eigenvalue weighted by Gasteiger charge is 2.23. The van der Waals surface area contributed by atoms with Crippen molar-refractivity contribution in [1.29, 1.82) is 0 Å². The van der Waals surface area contributed by atoms with Crippen LogP contribution in [0.25, 0.3) is 0 Å². The van der Waals surface area contributed by atoms with Gasteiger partial charge in [-0.1, -0.05) is 6.08 Å². The maximum Gasteiger partial charge on any atom is 0.409 e. The number of rotatable bonds is 5. The van der Waals surface area contributed by atoms with Gasteiger partial charge in [-0.15, -0.1) is 16.8 Å². The molecule has 0 bridgehead atoms. The average Bonchev–Trinajstić information content (AvgIpc) is 2.94. The van der Waals surface area contributed by atoms with E-state index in [0.29, 0.717) is 45.9 Å². The summed E-state index contributed by atoms with van der Waals surface area (Å²) in [5.74, 6) is 2.44. The number of guanidine groups is 1. The summed E-state index contributed by atoms with van der Waals surface area (Å²) in [5.41, 5.74) is 0. The van der Waals surface area contributed by atoms with E-state index in [4.69, 9.17) is 4.74 Å². The van der Waals surface area contributed by atoms with Gasteiger partial charge in [0.15, 0.2) is 11.8 Å². The van der Waals surface area contributed by atoms with Crippen molar-refractivity contribution < 1.29 is 9.53 Å². The summed E-state index contributed by atoms with van der Waals surface area (Å²) in [5, 5.41) is 11.5. The second-order valence-electron chi connectivity index (χ2n) is 5.70. The van der Waals surface area contributed by atoms with Crippen LogP contribution in [0.3, 0.4) is 0 Å². The predicted octanol–water partition coefficient (Wildman–Crippen LogP) is 0.529. The molecule has 9 nitrogen and oxygen atoms in total. The van der Waals surface area contributed by atoms with Crippen LogP contribution in [0, 0.1) is 6.92 Å². The summed E-state index contributed by atoms with van der Waals surface area (Å²) < 4.78 is 6.98. The number of ether oxygens (including phenoxy) is 1. The Morgan fingerprint density at radius 2 is 2.00 bits per heavy atom. The summed E-state index contributed by atoms with van der Waals surface area (Å²) in [6, 6.07) is 0. The van der Waals surface area contributed by atoms with Gasteiger partial charge in [-0.25, -0.2) is 9.79 Å². The van der Waals surface area contributed by atoms with Crippen molar-refractivity contribution in [3.63, 3.8) is 0 Å². The first-order chi connectivity index (χ1) is 12.1. The van der Waals surface area contributed by atoms with Crippen LogP contribution in [0.4, 0.5) is 4.79 Å². The summed E-state index contributed by atoms with van der Waals surface area (Å²) in [6.07, 6.45) is 1.53. The quantitative estimate of drug-likeness (QED) is 0.474. The lowest BCUT2D eigenvalue weighted by Crippen LogP contribution is -2.54. The van der Waals surface area contributed by atoms with E-state index in [-0.39, 0.29) is 6.09 Å². The third kappa shape index (κ3) is 4.94. The molecule has 2 rings (SSSR count). The van der Waals surface area contributed by atoms with Crippen molar-refractivity contribution in [3.05, 3.63) is 24.3 Å². The normalized spacial score (nSPS) is 15.2. The Bertz CT molecular complexity index is 618. The average molecular weight is 349 g/mol. The zero-order chi connectivity index (χ0) is 18.2. The van der Waals surface area contributed by atoms with Gasteiger partial charge in [-0.2, -0.15) is 0 Å². The fraction of sp³-hybridized carbons (Fsp3) is 0.625.